The van der Waals surface area contributed by atoms with E-state index in [1.54, 1.807) is 7.11 Å². The monoisotopic (exact) mass is 289 g/mol. The number of benzene rings is 2. The molecule has 0 spiro atoms. The van der Waals surface area contributed by atoms with E-state index in [0.29, 0.717) is 12.4 Å². The summed E-state index contributed by atoms with van der Waals surface area (Å²) < 4.78 is 15.8. The lowest BCUT2D eigenvalue weighted by molar-refractivity contribution is -0.384. The molecule has 0 amide bonds. The van der Waals surface area contributed by atoms with Gasteiger partial charge < -0.3 is 14.2 Å². The maximum absolute atomic E-state index is 10.5. The molecular formula is C15H15NO5. The molecule has 6 nitrogen and oxygen atoms in total. The second kappa shape index (κ2) is 7.25. The van der Waals surface area contributed by atoms with Crippen LogP contribution < -0.4 is 9.47 Å². The molecule has 0 atom stereocenters. The Hall–Kier alpha value is -2.60. The summed E-state index contributed by atoms with van der Waals surface area (Å²) in [5.41, 5.74) is 1.03. The number of hydrogen-bond acceptors (Lipinski definition) is 5. The van der Waals surface area contributed by atoms with Crippen LogP contribution in [0.3, 0.4) is 0 Å². The van der Waals surface area contributed by atoms with E-state index in [-0.39, 0.29) is 12.5 Å². The second-order valence-corrected chi connectivity index (χ2v) is 4.21. The summed E-state index contributed by atoms with van der Waals surface area (Å²) in [6.07, 6.45) is 0. The Morgan fingerprint density at radius 2 is 1.62 bits per heavy atom. The fraction of sp³-hybridized carbons (Fsp3) is 0.200. The number of nitro groups is 1. The summed E-state index contributed by atoms with van der Waals surface area (Å²) in [6, 6.07) is 13.4. The third kappa shape index (κ3) is 4.47. The quantitative estimate of drug-likeness (QED) is 0.339. The Morgan fingerprint density at radius 1 is 1.00 bits per heavy atom. The average molecular weight is 289 g/mol. The molecule has 0 radical (unpaired) electrons. The van der Waals surface area contributed by atoms with E-state index in [1.165, 1.54) is 24.3 Å². The molecule has 0 N–H and O–H groups in total. The number of ether oxygens (including phenoxy) is 3. The fourth-order valence-electron chi connectivity index (χ4n) is 1.66. The van der Waals surface area contributed by atoms with Gasteiger partial charge in [-0.2, -0.15) is 0 Å². The minimum atomic E-state index is -0.454. The topological polar surface area (TPSA) is 70.8 Å². The second-order valence-electron chi connectivity index (χ2n) is 4.21. The van der Waals surface area contributed by atoms with E-state index in [0.717, 1.165) is 11.3 Å². The molecule has 0 aliphatic rings. The van der Waals surface area contributed by atoms with Crippen LogP contribution in [-0.4, -0.2) is 18.8 Å². The molecule has 21 heavy (non-hydrogen) atoms. The molecule has 0 unspecified atom stereocenters. The van der Waals surface area contributed by atoms with Crippen LogP contribution in [-0.2, 0) is 11.3 Å². The molecule has 0 saturated carbocycles. The summed E-state index contributed by atoms with van der Waals surface area (Å²) >= 11 is 0. The van der Waals surface area contributed by atoms with Crippen molar-refractivity contribution in [3.05, 3.63) is 64.2 Å². The number of hydrogen-bond donors (Lipinski definition) is 0. The van der Waals surface area contributed by atoms with Gasteiger partial charge in [0.15, 0.2) is 6.79 Å². The Kier molecular flexibility index (Phi) is 5.11. The third-order valence-electron chi connectivity index (χ3n) is 2.78. The number of methoxy groups -OCH3 is 1. The highest BCUT2D eigenvalue weighted by atomic mass is 16.7. The van der Waals surface area contributed by atoms with E-state index in [2.05, 4.69) is 0 Å². The van der Waals surface area contributed by atoms with E-state index in [4.69, 9.17) is 14.2 Å². The van der Waals surface area contributed by atoms with Crippen LogP contribution >= 0.6 is 0 Å². The van der Waals surface area contributed by atoms with Gasteiger partial charge in [-0.15, -0.1) is 0 Å². The number of nitro benzene ring substituents is 1. The Labute approximate surface area is 122 Å². The molecule has 0 aromatic heterocycles. The third-order valence-corrected chi connectivity index (χ3v) is 2.78. The zero-order valence-electron chi connectivity index (χ0n) is 11.5. The summed E-state index contributed by atoms with van der Waals surface area (Å²) in [4.78, 5) is 10.1. The van der Waals surface area contributed by atoms with E-state index < -0.39 is 4.92 Å². The van der Waals surface area contributed by atoms with Crippen molar-refractivity contribution >= 4 is 5.69 Å². The molecule has 0 aliphatic heterocycles. The fourth-order valence-corrected chi connectivity index (χ4v) is 1.66. The molecule has 2 rings (SSSR count). The van der Waals surface area contributed by atoms with Crippen LogP contribution in [0, 0.1) is 10.1 Å². The lowest BCUT2D eigenvalue weighted by Gasteiger charge is -2.07. The van der Waals surface area contributed by atoms with Crippen LogP contribution in [0.5, 0.6) is 11.5 Å². The van der Waals surface area contributed by atoms with Crippen LogP contribution in [0.2, 0.25) is 0 Å². The van der Waals surface area contributed by atoms with Crippen LogP contribution in [0.1, 0.15) is 5.56 Å². The van der Waals surface area contributed by atoms with Crippen molar-refractivity contribution in [3.63, 3.8) is 0 Å². The number of rotatable bonds is 7. The van der Waals surface area contributed by atoms with Crippen molar-refractivity contribution < 1.29 is 19.1 Å². The lowest BCUT2D eigenvalue weighted by atomic mass is 10.2. The molecule has 0 fully saturated rings. The molecule has 0 aliphatic carbocycles. The smallest absolute Gasteiger partial charge is 0.269 e. The number of nitrogens with zero attached hydrogens (tertiary/aromatic N) is 1. The van der Waals surface area contributed by atoms with Crippen LogP contribution in [0.15, 0.2) is 48.5 Å². The largest absolute Gasteiger partial charge is 0.497 e. The van der Waals surface area contributed by atoms with Crippen molar-refractivity contribution in [2.75, 3.05) is 13.9 Å². The average Bonchev–Trinajstić information content (AvgIpc) is 2.52. The van der Waals surface area contributed by atoms with E-state index >= 15 is 0 Å². The predicted octanol–water partition coefficient (Wildman–Crippen LogP) is 3.16. The SMILES string of the molecule is COc1ccc(COCOc2ccc([N+](=O)[O-])cc2)cc1. The number of non-ortho nitro benzene ring substituents is 1. The van der Waals surface area contributed by atoms with Crippen molar-refractivity contribution in [3.8, 4) is 11.5 Å². The molecule has 2 aromatic rings. The van der Waals surface area contributed by atoms with Gasteiger partial charge in [0.1, 0.15) is 11.5 Å². The van der Waals surface area contributed by atoms with Gasteiger partial charge in [0.05, 0.1) is 18.6 Å². The summed E-state index contributed by atoms with van der Waals surface area (Å²) in [7, 11) is 1.61. The zero-order chi connectivity index (χ0) is 15.1. The maximum atomic E-state index is 10.5. The molecule has 6 heteroatoms. The first kappa shape index (κ1) is 14.8. The minimum Gasteiger partial charge on any atom is -0.497 e. The van der Waals surface area contributed by atoms with Gasteiger partial charge in [0.2, 0.25) is 0 Å². The van der Waals surface area contributed by atoms with Gasteiger partial charge in [-0.05, 0) is 29.8 Å². The highest BCUT2D eigenvalue weighted by Crippen LogP contribution is 2.17. The Bertz CT molecular complexity index is 580. The van der Waals surface area contributed by atoms with Gasteiger partial charge >= 0.3 is 0 Å². The van der Waals surface area contributed by atoms with Crippen LogP contribution in [0.25, 0.3) is 0 Å². The van der Waals surface area contributed by atoms with Crippen molar-refractivity contribution in [2.24, 2.45) is 0 Å². The molecule has 0 saturated heterocycles. The molecular weight excluding hydrogens is 274 g/mol. The van der Waals surface area contributed by atoms with Gasteiger partial charge in [0.25, 0.3) is 5.69 Å². The normalized spacial score (nSPS) is 10.1. The predicted molar refractivity (Wildman–Crippen MR) is 76.4 cm³/mol. The maximum Gasteiger partial charge on any atom is 0.269 e. The molecule has 0 heterocycles. The zero-order valence-corrected chi connectivity index (χ0v) is 11.5. The first-order chi connectivity index (χ1) is 10.2. The minimum absolute atomic E-state index is 0.0292. The van der Waals surface area contributed by atoms with Gasteiger partial charge in [0, 0.05) is 12.1 Å². The van der Waals surface area contributed by atoms with Crippen molar-refractivity contribution in [1.29, 1.82) is 0 Å². The Balaban J connectivity index is 1.74. The van der Waals surface area contributed by atoms with Gasteiger partial charge in [-0.25, -0.2) is 0 Å². The van der Waals surface area contributed by atoms with E-state index in [1.807, 2.05) is 24.3 Å². The van der Waals surface area contributed by atoms with Crippen molar-refractivity contribution in [2.45, 2.75) is 6.61 Å². The van der Waals surface area contributed by atoms with Gasteiger partial charge in [-0.3, -0.25) is 10.1 Å². The van der Waals surface area contributed by atoms with E-state index in [9.17, 15) is 10.1 Å². The van der Waals surface area contributed by atoms with Crippen LogP contribution in [0.4, 0.5) is 5.69 Å². The summed E-state index contributed by atoms with van der Waals surface area (Å²) in [5, 5.41) is 10.5. The molecule has 0 bridgehead atoms. The highest BCUT2D eigenvalue weighted by molar-refractivity contribution is 5.35. The summed E-state index contributed by atoms with van der Waals surface area (Å²) in [5.74, 6) is 1.32. The standard InChI is InChI=1S/C15H15NO5/c1-19-14-6-2-12(3-7-14)10-20-11-21-15-8-4-13(5-9-15)16(17)18/h2-9H,10-11H2,1H3. The molecule has 2 aromatic carbocycles. The van der Waals surface area contributed by atoms with Crippen molar-refractivity contribution in [1.82, 2.24) is 0 Å². The highest BCUT2D eigenvalue weighted by Gasteiger charge is 2.04. The lowest BCUT2D eigenvalue weighted by Crippen LogP contribution is -2.03. The first-order valence-corrected chi connectivity index (χ1v) is 6.27. The summed E-state index contributed by atoms with van der Waals surface area (Å²) in [6.45, 7) is 0.487. The molecule has 110 valence electrons. The van der Waals surface area contributed by atoms with Gasteiger partial charge in [-0.1, -0.05) is 12.1 Å². The Morgan fingerprint density at radius 3 is 2.19 bits per heavy atom. The first-order valence-electron chi connectivity index (χ1n) is 6.27.